The minimum Gasteiger partial charge on any atom is -0.467 e. The molecule has 0 N–H and O–H groups in total. The Hall–Kier alpha value is -1.57. The molecule has 20 heavy (non-hydrogen) atoms. The van der Waals surface area contributed by atoms with Gasteiger partial charge >= 0.3 is 0 Å². The van der Waals surface area contributed by atoms with Crippen LogP contribution in [0.3, 0.4) is 0 Å². The van der Waals surface area contributed by atoms with Crippen molar-refractivity contribution in [3.8, 4) is 11.8 Å². The zero-order valence-corrected chi connectivity index (χ0v) is 12.5. The Balaban J connectivity index is 2.18. The van der Waals surface area contributed by atoms with Crippen molar-refractivity contribution < 1.29 is 9.47 Å². The van der Waals surface area contributed by atoms with Gasteiger partial charge in [0.05, 0.1) is 22.8 Å². The highest BCUT2D eigenvalue weighted by molar-refractivity contribution is 6.32. The molecule has 1 aromatic rings. The fourth-order valence-corrected chi connectivity index (χ4v) is 2.67. The standard InChI is InChI=1S/C15H17ClN2O2/c1-9-8-18-15(10(2)14(9)19-3)20-13-5-4-11(7-17)6-12(13)16/h4-6,8-10,14-15H,1-3H3. The second-order valence-electron chi connectivity index (χ2n) is 4.98. The molecule has 5 heteroatoms. The number of ether oxygens (including phenoxy) is 2. The Labute approximate surface area is 124 Å². The molecule has 0 aliphatic carbocycles. The molecule has 4 nitrogen and oxygen atoms in total. The highest BCUT2D eigenvalue weighted by Gasteiger charge is 2.34. The molecule has 0 fully saturated rings. The zero-order chi connectivity index (χ0) is 14.7. The van der Waals surface area contributed by atoms with E-state index in [4.69, 9.17) is 26.3 Å². The van der Waals surface area contributed by atoms with E-state index >= 15 is 0 Å². The predicted octanol–water partition coefficient (Wildman–Crippen LogP) is 3.29. The summed E-state index contributed by atoms with van der Waals surface area (Å²) in [6.07, 6.45) is 1.59. The number of nitrogens with zero attached hydrogens (tertiary/aromatic N) is 2. The molecule has 0 radical (unpaired) electrons. The van der Waals surface area contributed by atoms with E-state index in [1.54, 1.807) is 25.3 Å². The summed E-state index contributed by atoms with van der Waals surface area (Å²) in [6.45, 7) is 4.11. The summed E-state index contributed by atoms with van der Waals surface area (Å²) in [4.78, 5) is 4.42. The average Bonchev–Trinajstić information content (AvgIpc) is 2.44. The number of hydrogen-bond donors (Lipinski definition) is 0. The molecule has 1 aliphatic heterocycles. The van der Waals surface area contributed by atoms with E-state index in [9.17, 15) is 0 Å². The van der Waals surface area contributed by atoms with Crippen molar-refractivity contribution in [1.82, 2.24) is 0 Å². The van der Waals surface area contributed by atoms with Crippen molar-refractivity contribution in [3.63, 3.8) is 0 Å². The lowest BCUT2D eigenvalue weighted by Crippen LogP contribution is -2.42. The van der Waals surface area contributed by atoms with Gasteiger partial charge in [0.15, 0.2) is 6.23 Å². The maximum absolute atomic E-state index is 8.82. The number of benzene rings is 1. The van der Waals surface area contributed by atoms with Gasteiger partial charge in [-0.3, -0.25) is 4.99 Å². The summed E-state index contributed by atoms with van der Waals surface area (Å²) in [5, 5.41) is 9.24. The fraction of sp³-hybridized carbons (Fsp3) is 0.467. The van der Waals surface area contributed by atoms with E-state index in [2.05, 4.69) is 11.9 Å². The molecule has 4 unspecified atom stereocenters. The van der Waals surface area contributed by atoms with Gasteiger partial charge < -0.3 is 9.47 Å². The summed E-state index contributed by atoms with van der Waals surface area (Å²) < 4.78 is 11.4. The highest BCUT2D eigenvalue weighted by atomic mass is 35.5. The number of rotatable bonds is 3. The van der Waals surface area contributed by atoms with Crippen LogP contribution < -0.4 is 4.74 Å². The first-order valence-corrected chi connectivity index (χ1v) is 6.87. The van der Waals surface area contributed by atoms with Gasteiger partial charge in [0.2, 0.25) is 0 Å². The van der Waals surface area contributed by atoms with E-state index in [0.717, 1.165) is 0 Å². The number of halogens is 1. The lowest BCUT2D eigenvalue weighted by molar-refractivity contribution is -0.0157. The lowest BCUT2D eigenvalue weighted by atomic mass is 9.90. The molecule has 1 aliphatic rings. The molecule has 0 spiro atoms. The fourth-order valence-electron chi connectivity index (χ4n) is 2.45. The van der Waals surface area contributed by atoms with E-state index in [0.29, 0.717) is 16.3 Å². The van der Waals surface area contributed by atoms with Gasteiger partial charge in [0, 0.05) is 25.2 Å². The minimum atomic E-state index is -0.332. The van der Waals surface area contributed by atoms with Crippen LogP contribution in [-0.2, 0) is 4.74 Å². The van der Waals surface area contributed by atoms with Crippen LogP contribution in [0.1, 0.15) is 19.4 Å². The summed E-state index contributed by atoms with van der Waals surface area (Å²) in [5.74, 6) is 0.905. The van der Waals surface area contributed by atoms with Gasteiger partial charge in [-0.25, -0.2) is 0 Å². The third-order valence-electron chi connectivity index (χ3n) is 3.54. The maximum Gasteiger partial charge on any atom is 0.194 e. The summed E-state index contributed by atoms with van der Waals surface area (Å²) in [6, 6.07) is 7.00. The third-order valence-corrected chi connectivity index (χ3v) is 3.83. The van der Waals surface area contributed by atoms with Gasteiger partial charge in [-0.15, -0.1) is 0 Å². The monoisotopic (exact) mass is 292 g/mol. The van der Waals surface area contributed by atoms with E-state index in [1.807, 2.05) is 19.2 Å². The molecule has 1 heterocycles. The van der Waals surface area contributed by atoms with Crippen molar-refractivity contribution >= 4 is 17.8 Å². The van der Waals surface area contributed by atoms with Gasteiger partial charge in [-0.1, -0.05) is 25.4 Å². The largest absolute Gasteiger partial charge is 0.467 e. The Morgan fingerprint density at radius 2 is 2.10 bits per heavy atom. The van der Waals surface area contributed by atoms with Gasteiger partial charge in [-0.05, 0) is 18.2 Å². The van der Waals surface area contributed by atoms with E-state index in [1.165, 1.54) is 0 Å². The van der Waals surface area contributed by atoms with Crippen LogP contribution in [0.15, 0.2) is 23.2 Å². The first kappa shape index (κ1) is 14.8. The summed E-state index contributed by atoms with van der Waals surface area (Å²) in [5.41, 5.74) is 0.505. The van der Waals surface area contributed by atoms with Crippen LogP contribution in [0.2, 0.25) is 5.02 Å². The third kappa shape index (κ3) is 2.95. The zero-order valence-electron chi connectivity index (χ0n) is 11.7. The van der Waals surface area contributed by atoms with E-state index < -0.39 is 0 Å². The SMILES string of the molecule is COC1C(C)C=NC(Oc2ccc(C#N)cc2Cl)C1C. The molecule has 0 aromatic heterocycles. The normalized spacial score (nSPS) is 28.9. The van der Waals surface area contributed by atoms with Crippen molar-refractivity contribution in [1.29, 1.82) is 5.26 Å². The quantitative estimate of drug-likeness (QED) is 0.859. The number of methoxy groups -OCH3 is 1. The molecular formula is C15H17ClN2O2. The van der Waals surface area contributed by atoms with Gasteiger partial charge in [0.1, 0.15) is 5.75 Å². The Morgan fingerprint density at radius 1 is 1.35 bits per heavy atom. The topological polar surface area (TPSA) is 54.6 Å². The Bertz CT molecular complexity index is 553. The molecule has 4 atom stereocenters. The molecule has 0 bridgehead atoms. The summed E-state index contributed by atoms with van der Waals surface area (Å²) in [7, 11) is 1.70. The van der Waals surface area contributed by atoms with Crippen LogP contribution in [0.5, 0.6) is 5.75 Å². The molecular weight excluding hydrogens is 276 g/mol. The van der Waals surface area contributed by atoms with Crippen molar-refractivity contribution in [3.05, 3.63) is 28.8 Å². The molecule has 0 amide bonds. The molecule has 106 valence electrons. The van der Waals surface area contributed by atoms with Crippen LogP contribution >= 0.6 is 11.6 Å². The second-order valence-corrected chi connectivity index (χ2v) is 5.39. The lowest BCUT2D eigenvalue weighted by Gasteiger charge is -2.34. The molecule has 0 saturated heterocycles. The number of nitriles is 1. The highest BCUT2D eigenvalue weighted by Crippen LogP contribution is 2.31. The van der Waals surface area contributed by atoms with Crippen molar-refractivity contribution in [2.75, 3.05) is 7.11 Å². The van der Waals surface area contributed by atoms with Crippen LogP contribution in [0.25, 0.3) is 0 Å². The molecule has 1 aromatic carbocycles. The smallest absolute Gasteiger partial charge is 0.194 e. The summed E-state index contributed by atoms with van der Waals surface area (Å²) >= 11 is 6.11. The molecule has 0 saturated carbocycles. The Kier molecular flexibility index (Phi) is 4.64. The first-order valence-electron chi connectivity index (χ1n) is 6.49. The van der Waals surface area contributed by atoms with Gasteiger partial charge in [0.25, 0.3) is 0 Å². The molecule has 2 rings (SSSR count). The number of aliphatic imine (C=N–C) groups is 1. The van der Waals surface area contributed by atoms with Crippen molar-refractivity contribution in [2.45, 2.75) is 26.2 Å². The second kappa shape index (κ2) is 6.25. The average molecular weight is 293 g/mol. The van der Waals surface area contributed by atoms with Crippen LogP contribution in [-0.4, -0.2) is 25.7 Å². The number of hydrogen-bond acceptors (Lipinski definition) is 4. The predicted molar refractivity (Wildman–Crippen MR) is 78.2 cm³/mol. The van der Waals surface area contributed by atoms with E-state index in [-0.39, 0.29) is 24.2 Å². The van der Waals surface area contributed by atoms with Crippen LogP contribution in [0.4, 0.5) is 0 Å². The van der Waals surface area contributed by atoms with Gasteiger partial charge in [-0.2, -0.15) is 5.26 Å². The van der Waals surface area contributed by atoms with Crippen LogP contribution in [0, 0.1) is 23.2 Å². The van der Waals surface area contributed by atoms with Crippen molar-refractivity contribution in [2.24, 2.45) is 16.8 Å². The minimum absolute atomic E-state index is 0.0645. The maximum atomic E-state index is 8.82. The Morgan fingerprint density at radius 3 is 2.70 bits per heavy atom. The first-order chi connectivity index (χ1) is 9.56.